The second kappa shape index (κ2) is 5.77. The van der Waals surface area contributed by atoms with Crippen LogP contribution in [0.4, 0.5) is 0 Å². The summed E-state index contributed by atoms with van der Waals surface area (Å²) in [4.78, 5) is 14.8. The van der Waals surface area contributed by atoms with E-state index in [1.165, 1.54) is 13.9 Å². The highest BCUT2D eigenvalue weighted by Crippen LogP contribution is 2.29. The van der Waals surface area contributed by atoms with E-state index in [-0.39, 0.29) is 6.42 Å². The molecule has 2 aromatic rings. The Morgan fingerprint density at radius 3 is 3.06 bits per heavy atom. The normalized spacial score (nSPS) is 10.9. The number of fused-ring (bicyclic) bond motifs is 1. The van der Waals surface area contributed by atoms with Gasteiger partial charge in [0.1, 0.15) is 0 Å². The lowest BCUT2D eigenvalue weighted by Gasteiger charge is -1.99. The lowest BCUT2D eigenvalue weighted by molar-refractivity contribution is -0.137. The van der Waals surface area contributed by atoms with E-state index in [9.17, 15) is 4.79 Å². The van der Waals surface area contributed by atoms with Crippen molar-refractivity contribution in [3.05, 3.63) is 28.0 Å². The average Bonchev–Trinajstić information content (AvgIpc) is 2.67. The molecule has 3 nitrogen and oxygen atoms in total. The van der Waals surface area contributed by atoms with Crippen LogP contribution >= 0.6 is 34.4 Å². The fraction of sp³-hybridized carbons (Fsp3) is 0.250. The highest BCUT2D eigenvalue weighted by Gasteiger charge is 2.05. The van der Waals surface area contributed by atoms with Crippen molar-refractivity contribution in [3.8, 4) is 0 Å². The van der Waals surface area contributed by atoms with Gasteiger partial charge in [0, 0.05) is 32.0 Å². The Morgan fingerprint density at radius 2 is 2.29 bits per heavy atom. The molecule has 1 aromatic heterocycles. The SMILES string of the molecule is O=C(O)CCCSc1c[nH]c2ccc(I)cc12. The number of aliphatic carboxylic acids is 1. The van der Waals surface area contributed by atoms with Gasteiger partial charge < -0.3 is 10.1 Å². The van der Waals surface area contributed by atoms with Gasteiger partial charge in [-0.1, -0.05) is 0 Å². The number of thioether (sulfide) groups is 1. The van der Waals surface area contributed by atoms with Gasteiger partial charge in [0.15, 0.2) is 0 Å². The van der Waals surface area contributed by atoms with E-state index < -0.39 is 5.97 Å². The second-order valence-corrected chi connectivity index (χ2v) is 6.07. The number of hydrogen-bond acceptors (Lipinski definition) is 2. The molecule has 5 heteroatoms. The number of hydrogen-bond donors (Lipinski definition) is 2. The molecule has 0 fully saturated rings. The van der Waals surface area contributed by atoms with Crippen LogP contribution in [-0.2, 0) is 4.79 Å². The van der Waals surface area contributed by atoms with E-state index in [0.29, 0.717) is 6.42 Å². The molecule has 17 heavy (non-hydrogen) atoms. The van der Waals surface area contributed by atoms with Crippen LogP contribution in [0, 0.1) is 3.57 Å². The number of nitrogens with one attached hydrogen (secondary N) is 1. The Hall–Kier alpha value is -0.690. The molecule has 0 aliphatic carbocycles. The van der Waals surface area contributed by atoms with Crippen molar-refractivity contribution in [1.82, 2.24) is 4.98 Å². The molecule has 0 saturated heterocycles. The third-order valence-electron chi connectivity index (χ3n) is 2.40. The van der Waals surface area contributed by atoms with Gasteiger partial charge in [-0.2, -0.15) is 0 Å². The van der Waals surface area contributed by atoms with Crippen LogP contribution < -0.4 is 0 Å². The van der Waals surface area contributed by atoms with Crippen molar-refractivity contribution in [1.29, 1.82) is 0 Å². The highest BCUT2D eigenvalue weighted by molar-refractivity contribution is 14.1. The minimum Gasteiger partial charge on any atom is -0.481 e. The average molecular weight is 361 g/mol. The number of aromatic amines is 1. The molecule has 0 spiro atoms. The van der Waals surface area contributed by atoms with E-state index in [2.05, 4.69) is 45.8 Å². The van der Waals surface area contributed by atoms with Crippen LogP contribution in [-0.4, -0.2) is 21.8 Å². The topological polar surface area (TPSA) is 53.1 Å². The molecule has 0 aliphatic rings. The predicted molar refractivity (Wildman–Crippen MR) is 78.6 cm³/mol. The summed E-state index contributed by atoms with van der Waals surface area (Å²) in [5, 5.41) is 9.78. The summed E-state index contributed by atoms with van der Waals surface area (Å²) in [7, 11) is 0. The number of carboxylic acids is 1. The first-order valence-corrected chi connectivity index (χ1v) is 7.34. The van der Waals surface area contributed by atoms with Crippen molar-refractivity contribution >= 4 is 51.2 Å². The van der Waals surface area contributed by atoms with Gasteiger partial charge in [0.25, 0.3) is 0 Å². The molecule has 0 radical (unpaired) electrons. The van der Waals surface area contributed by atoms with Crippen molar-refractivity contribution in [3.63, 3.8) is 0 Å². The molecule has 1 heterocycles. The lowest BCUT2D eigenvalue weighted by atomic mass is 10.2. The first kappa shape index (κ1) is 12.8. The van der Waals surface area contributed by atoms with Crippen molar-refractivity contribution in [2.75, 3.05) is 5.75 Å². The van der Waals surface area contributed by atoms with Crippen molar-refractivity contribution in [2.24, 2.45) is 0 Å². The quantitative estimate of drug-likeness (QED) is 0.485. The Morgan fingerprint density at radius 1 is 1.47 bits per heavy atom. The molecule has 90 valence electrons. The maximum Gasteiger partial charge on any atom is 0.303 e. The number of H-pyrrole nitrogens is 1. The van der Waals surface area contributed by atoms with Gasteiger partial charge in [-0.25, -0.2) is 0 Å². The first-order chi connectivity index (χ1) is 8.16. The van der Waals surface area contributed by atoms with Crippen LogP contribution in [0.1, 0.15) is 12.8 Å². The van der Waals surface area contributed by atoms with E-state index >= 15 is 0 Å². The smallest absolute Gasteiger partial charge is 0.303 e. The molecule has 0 aliphatic heterocycles. The fourth-order valence-electron chi connectivity index (χ4n) is 1.59. The number of rotatable bonds is 5. The number of aromatic nitrogens is 1. The molecular weight excluding hydrogens is 349 g/mol. The fourth-order valence-corrected chi connectivity index (χ4v) is 3.06. The largest absolute Gasteiger partial charge is 0.481 e. The standard InChI is InChI=1S/C12H12INO2S/c13-8-3-4-10-9(6-8)11(7-14-10)17-5-1-2-12(15)16/h3-4,6-7,14H,1-2,5H2,(H,15,16). The summed E-state index contributed by atoms with van der Waals surface area (Å²) < 4.78 is 1.21. The zero-order valence-corrected chi connectivity index (χ0v) is 12.0. The van der Waals surface area contributed by atoms with E-state index in [1.54, 1.807) is 11.8 Å². The monoisotopic (exact) mass is 361 g/mol. The molecule has 0 saturated carbocycles. The van der Waals surface area contributed by atoms with Gasteiger partial charge in [0.05, 0.1) is 0 Å². The number of carboxylic acid groups (broad SMARTS) is 1. The highest BCUT2D eigenvalue weighted by atomic mass is 127. The van der Waals surface area contributed by atoms with Crippen LogP contribution in [0.3, 0.4) is 0 Å². The molecule has 1 aromatic carbocycles. The van der Waals surface area contributed by atoms with Crippen LogP contribution in [0.5, 0.6) is 0 Å². The van der Waals surface area contributed by atoms with Crippen molar-refractivity contribution < 1.29 is 9.90 Å². The van der Waals surface area contributed by atoms with Crippen LogP contribution in [0.15, 0.2) is 29.3 Å². The Balaban J connectivity index is 2.03. The molecule has 2 N–H and O–H groups in total. The van der Waals surface area contributed by atoms with E-state index in [4.69, 9.17) is 5.11 Å². The lowest BCUT2D eigenvalue weighted by Crippen LogP contribution is -1.94. The third kappa shape index (κ3) is 3.38. The van der Waals surface area contributed by atoms with Gasteiger partial charge in [-0.05, 0) is 53.0 Å². The second-order valence-electron chi connectivity index (χ2n) is 3.69. The molecule has 2 rings (SSSR count). The minimum absolute atomic E-state index is 0.243. The predicted octanol–water partition coefficient (Wildman–Crippen LogP) is 3.73. The molecule has 0 atom stereocenters. The summed E-state index contributed by atoms with van der Waals surface area (Å²) in [5.41, 5.74) is 1.13. The first-order valence-electron chi connectivity index (χ1n) is 5.28. The van der Waals surface area contributed by atoms with E-state index in [0.717, 1.165) is 11.3 Å². The summed E-state index contributed by atoms with van der Waals surface area (Å²) in [5.74, 6) is 0.115. The minimum atomic E-state index is -0.723. The van der Waals surface area contributed by atoms with Crippen LogP contribution in [0.2, 0.25) is 0 Å². The Bertz CT molecular complexity index is 538. The van der Waals surface area contributed by atoms with Gasteiger partial charge in [-0.15, -0.1) is 11.8 Å². The zero-order valence-electron chi connectivity index (χ0n) is 9.07. The number of carbonyl (C=O) groups is 1. The molecular formula is C12H12INO2S. The number of halogens is 1. The maximum absolute atomic E-state index is 10.4. The molecule has 0 amide bonds. The summed E-state index contributed by atoms with van der Waals surface area (Å²) in [6.45, 7) is 0. The van der Waals surface area contributed by atoms with Gasteiger partial charge in [-0.3, -0.25) is 4.79 Å². The Kier molecular flexibility index (Phi) is 4.33. The summed E-state index contributed by atoms with van der Waals surface area (Å²) in [6, 6.07) is 6.28. The maximum atomic E-state index is 10.4. The third-order valence-corrected chi connectivity index (χ3v) is 4.21. The number of benzene rings is 1. The van der Waals surface area contributed by atoms with Crippen LogP contribution in [0.25, 0.3) is 10.9 Å². The molecule has 0 unspecified atom stereocenters. The molecule has 0 bridgehead atoms. The van der Waals surface area contributed by atoms with E-state index in [1.807, 2.05) is 6.20 Å². The summed E-state index contributed by atoms with van der Waals surface area (Å²) >= 11 is 4.00. The zero-order chi connectivity index (χ0) is 12.3. The summed E-state index contributed by atoms with van der Waals surface area (Å²) in [6.07, 6.45) is 2.94. The Labute approximate surface area is 117 Å². The van der Waals surface area contributed by atoms with Crippen molar-refractivity contribution in [2.45, 2.75) is 17.7 Å². The van der Waals surface area contributed by atoms with Gasteiger partial charge in [0.2, 0.25) is 0 Å². The van der Waals surface area contributed by atoms with Gasteiger partial charge >= 0.3 is 5.97 Å².